The topological polar surface area (TPSA) is 18.5 Å². The monoisotopic (exact) mass is 394 g/mol. The van der Waals surface area contributed by atoms with Crippen molar-refractivity contribution < 1.29 is 9.47 Å². The molecule has 0 bridgehead atoms. The molecule has 1 saturated heterocycles. The summed E-state index contributed by atoms with van der Waals surface area (Å²) in [6.45, 7) is 8.00. The molecule has 3 heterocycles. The number of ether oxygens (including phenoxy) is 2. The molecular formula is C20H23ClO2S2. The van der Waals surface area contributed by atoms with Crippen molar-refractivity contribution in [1.82, 2.24) is 0 Å². The fourth-order valence-electron chi connectivity index (χ4n) is 3.60. The molecule has 25 heavy (non-hydrogen) atoms. The molecule has 1 aliphatic heterocycles. The fraction of sp³-hybridized carbons (Fsp3) is 0.500. The van der Waals surface area contributed by atoms with Crippen molar-refractivity contribution in [3.8, 4) is 0 Å². The Balaban J connectivity index is 1.61. The summed E-state index contributed by atoms with van der Waals surface area (Å²) in [5, 5.41) is 2.26. The smallest absolute Gasteiger partial charge is 0.193 e. The summed E-state index contributed by atoms with van der Waals surface area (Å²) in [6, 6.07) is 4.39. The van der Waals surface area contributed by atoms with Gasteiger partial charge in [-0.3, -0.25) is 0 Å². The predicted octanol–water partition coefficient (Wildman–Crippen LogP) is 6.94. The van der Waals surface area contributed by atoms with Crippen molar-refractivity contribution in [1.29, 1.82) is 0 Å². The Labute approximate surface area is 162 Å². The maximum Gasteiger partial charge on any atom is 0.193 e. The zero-order valence-corrected chi connectivity index (χ0v) is 17.2. The maximum atomic E-state index is 6.23. The average Bonchev–Trinajstić information content (AvgIpc) is 3.26. The van der Waals surface area contributed by atoms with E-state index in [0.717, 1.165) is 30.4 Å². The van der Waals surface area contributed by atoms with Gasteiger partial charge in [-0.25, -0.2) is 0 Å². The minimum absolute atomic E-state index is 0.105. The van der Waals surface area contributed by atoms with Gasteiger partial charge in [-0.15, -0.1) is 22.7 Å². The molecule has 0 radical (unpaired) electrons. The Morgan fingerprint density at radius 3 is 2.52 bits per heavy atom. The lowest BCUT2D eigenvalue weighted by Crippen LogP contribution is -2.33. The number of thiophene rings is 2. The lowest BCUT2D eigenvalue weighted by Gasteiger charge is -2.34. The van der Waals surface area contributed by atoms with Crippen molar-refractivity contribution in [2.24, 2.45) is 5.41 Å². The van der Waals surface area contributed by atoms with E-state index in [0.29, 0.717) is 0 Å². The highest BCUT2D eigenvalue weighted by molar-refractivity contribution is 7.16. The van der Waals surface area contributed by atoms with Gasteiger partial charge in [0.25, 0.3) is 0 Å². The number of aryl methyl sites for hydroxylation is 1. The lowest BCUT2D eigenvalue weighted by atomic mass is 9.95. The first kappa shape index (κ1) is 17.7. The van der Waals surface area contributed by atoms with Gasteiger partial charge in [-0.1, -0.05) is 25.4 Å². The van der Waals surface area contributed by atoms with Crippen LogP contribution in [0, 0.1) is 12.3 Å². The molecule has 0 N–H and O–H groups in total. The van der Waals surface area contributed by atoms with Crippen LogP contribution in [0.25, 0.3) is 11.1 Å². The molecule has 4 rings (SSSR count). The van der Waals surface area contributed by atoms with Gasteiger partial charge < -0.3 is 9.47 Å². The number of rotatable bonds is 3. The molecule has 2 nitrogen and oxygen atoms in total. The third kappa shape index (κ3) is 3.60. The molecule has 1 fully saturated rings. The number of hydrogen-bond acceptors (Lipinski definition) is 4. The average molecular weight is 395 g/mol. The Bertz CT molecular complexity index is 806. The summed E-state index contributed by atoms with van der Waals surface area (Å²) in [6.07, 6.45) is 3.28. The normalized spacial score (nSPS) is 21.3. The molecule has 1 aliphatic carbocycles. The minimum Gasteiger partial charge on any atom is -0.347 e. The fourth-order valence-corrected chi connectivity index (χ4v) is 5.73. The van der Waals surface area contributed by atoms with Crippen LogP contribution in [0.1, 0.15) is 60.3 Å². The van der Waals surface area contributed by atoms with Crippen molar-refractivity contribution in [3.05, 3.63) is 42.7 Å². The summed E-state index contributed by atoms with van der Waals surface area (Å²) in [7, 11) is 0. The zero-order valence-electron chi connectivity index (χ0n) is 14.9. The van der Waals surface area contributed by atoms with Gasteiger partial charge in [-0.05, 0) is 66.0 Å². The first-order chi connectivity index (χ1) is 11.9. The number of allylic oxidation sites excluding steroid dienone is 2. The summed E-state index contributed by atoms with van der Waals surface area (Å²) >= 11 is 9.65. The quantitative estimate of drug-likeness (QED) is 0.561. The van der Waals surface area contributed by atoms with Crippen LogP contribution in [0.15, 0.2) is 17.5 Å². The number of halogens is 1. The van der Waals surface area contributed by atoms with E-state index < -0.39 is 0 Å². The second kappa shape index (κ2) is 6.82. The summed E-state index contributed by atoms with van der Waals surface area (Å²) in [5.74, 6) is 0. The molecule has 134 valence electrons. The van der Waals surface area contributed by atoms with E-state index in [4.69, 9.17) is 21.1 Å². The molecule has 0 saturated carbocycles. The molecule has 0 aromatic carbocycles. The molecule has 0 amide bonds. The molecular weight excluding hydrogens is 372 g/mol. The van der Waals surface area contributed by atoms with Crippen molar-refractivity contribution >= 4 is 45.4 Å². The maximum absolute atomic E-state index is 6.23. The Kier molecular flexibility index (Phi) is 4.84. The second-order valence-corrected chi connectivity index (χ2v) is 10.5. The van der Waals surface area contributed by atoms with Gasteiger partial charge in [0.1, 0.15) is 0 Å². The Morgan fingerprint density at radius 2 is 1.84 bits per heavy atom. The molecule has 0 atom stereocenters. The van der Waals surface area contributed by atoms with Crippen LogP contribution in [-0.2, 0) is 9.47 Å². The highest BCUT2D eigenvalue weighted by atomic mass is 35.5. The third-order valence-corrected chi connectivity index (χ3v) is 7.02. The zero-order chi connectivity index (χ0) is 17.6. The highest BCUT2D eigenvalue weighted by Crippen LogP contribution is 2.45. The van der Waals surface area contributed by atoms with E-state index in [2.05, 4.69) is 38.3 Å². The van der Waals surface area contributed by atoms with Gasteiger partial charge in [-0.2, -0.15) is 0 Å². The highest BCUT2D eigenvalue weighted by Gasteiger charge is 2.30. The molecule has 0 unspecified atom stereocenters. The Hall–Kier alpha value is -0.650. The second-order valence-electron chi connectivity index (χ2n) is 7.69. The number of hydrogen-bond donors (Lipinski definition) is 0. The van der Waals surface area contributed by atoms with Crippen LogP contribution in [-0.4, -0.2) is 13.2 Å². The van der Waals surface area contributed by atoms with Gasteiger partial charge in [0.15, 0.2) is 6.29 Å². The standard InChI is InChI=1S/C20H23ClO2S2/c1-12-16(8-18(21)25-12)15-6-4-5-14(15)13-7-17(24-9-13)19-22-10-20(2,3)11-23-19/h7-9,19H,4-6,10-11H2,1-3H3. The largest absolute Gasteiger partial charge is 0.347 e. The van der Waals surface area contributed by atoms with Crippen LogP contribution in [0.2, 0.25) is 4.34 Å². The van der Waals surface area contributed by atoms with Crippen molar-refractivity contribution in [2.75, 3.05) is 13.2 Å². The van der Waals surface area contributed by atoms with Crippen LogP contribution in [0.4, 0.5) is 0 Å². The van der Waals surface area contributed by atoms with E-state index in [-0.39, 0.29) is 11.7 Å². The predicted molar refractivity (Wildman–Crippen MR) is 107 cm³/mol. The summed E-state index contributed by atoms with van der Waals surface area (Å²) in [4.78, 5) is 2.49. The summed E-state index contributed by atoms with van der Waals surface area (Å²) < 4.78 is 12.8. The molecule has 2 aromatic heterocycles. The minimum atomic E-state index is -0.213. The van der Waals surface area contributed by atoms with Crippen molar-refractivity contribution in [3.63, 3.8) is 0 Å². The molecule has 0 spiro atoms. The first-order valence-corrected chi connectivity index (χ1v) is 10.8. The van der Waals surface area contributed by atoms with Crippen LogP contribution in [0.5, 0.6) is 0 Å². The molecule has 2 aliphatic rings. The van der Waals surface area contributed by atoms with Gasteiger partial charge >= 0.3 is 0 Å². The van der Waals surface area contributed by atoms with E-state index in [1.807, 2.05) is 0 Å². The first-order valence-electron chi connectivity index (χ1n) is 8.73. The Morgan fingerprint density at radius 1 is 1.12 bits per heavy atom. The van der Waals surface area contributed by atoms with E-state index in [1.165, 1.54) is 38.4 Å². The van der Waals surface area contributed by atoms with E-state index >= 15 is 0 Å². The van der Waals surface area contributed by atoms with E-state index in [1.54, 1.807) is 22.7 Å². The van der Waals surface area contributed by atoms with E-state index in [9.17, 15) is 0 Å². The van der Waals surface area contributed by atoms with Crippen molar-refractivity contribution in [2.45, 2.75) is 46.3 Å². The lowest BCUT2D eigenvalue weighted by molar-refractivity contribution is -0.224. The van der Waals surface area contributed by atoms with Gasteiger partial charge in [0.05, 0.1) is 22.4 Å². The van der Waals surface area contributed by atoms with Crippen LogP contribution >= 0.6 is 34.3 Å². The van der Waals surface area contributed by atoms with Crippen LogP contribution < -0.4 is 0 Å². The van der Waals surface area contributed by atoms with Gasteiger partial charge in [0, 0.05) is 10.3 Å². The summed E-state index contributed by atoms with van der Waals surface area (Å²) in [5.41, 5.74) is 5.70. The van der Waals surface area contributed by atoms with Gasteiger partial charge in [0.2, 0.25) is 0 Å². The SMILES string of the molecule is Cc1sc(Cl)cc1C1=C(c2csc(C3OCC(C)(C)CO3)c2)CCC1. The third-order valence-electron chi connectivity index (χ3n) is 4.88. The van der Waals surface area contributed by atoms with Crippen LogP contribution in [0.3, 0.4) is 0 Å². The molecule has 5 heteroatoms. The molecule has 2 aromatic rings.